The molecule has 0 unspecified atom stereocenters. The Labute approximate surface area is 232 Å². The highest BCUT2D eigenvalue weighted by molar-refractivity contribution is 7.92. The van der Waals surface area contributed by atoms with Gasteiger partial charge < -0.3 is 10.2 Å². The Kier molecular flexibility index (Phi) is 9.47. The van der Waals surface area contributed by atoms with Crippen LogP contribution >= 0.6 is 34.8 Å². The summed E-state index contributed by atoms with van der Waals surface area (Å²) in [5, 5.41) is 3.58. The van der Waals surface area contributed by atoms with Gasteiger partial charge in [-0.1, -0.05) is 59.1 Å². The summed E-state index contributed by atoms with van der Waals surface area (Å²) in [6.07, 6.45) is 0. The minimum Gasteiger partial charge on any atom is -0.357 e. The van der Waals surface area contributed by atoms with Gasteiger partial charge >= 0.3 is 0 Å². The number of halogens is 3. The summed E-state index contributed by atoms with van der Waals surface area (Å²) < 4.78 is 28.5. The van der Waals surface area contributed by atoms with Crippen molar-refractivity contribution in [2.45, 2.75) is 31.3 Å². The SMILES string of the molecule is CNC(=O)[C@H](C)N(Cc1c(Cl)cccc1Cl)C(=O)CN(c1ccc(Cl)cc1C)S(=O)(=O)c1ccccc1. The van der Waals surface area contributed by atoms with Crippen molar-refractivity contribution >= 4 is 62.3 Å². The van der Waals surface area contributed by atoms with Crippen LogP contribution in [0.25, 0.3) is 0 Å². The molecule has 0 aromatic heterocycles. The maximum Gasteiger partial charge on any atom is 0.264 e. The molecule has 0 fully saturated rings. The number of benzene rings is 3. The van der Waals surface area contributed by atoms with Gasteiger partial charge in [-0.05, 0) is 61.9 Å². The molecule has 3 rings (SSSR count). The van der Waals surface area contributed by atoms with Crippen molar-refractivity contribution in [2.75, 3.05) is 17.9 Å². The first kappa shape index (κ1) is 28.8. The maximum absolute atomic E-state index is 13.8. The van der Waals surface area contributed by atoms with Gasteiger partial charge in [0, 0.05) is 34.2 Å². The molecule has 0 aliphatic heterocycles. The molecule has 0 spiro atoms. The second-order valence-electron chi connectivity index (χ2n) is 8.27. The highest BCUT2D eigenvalue weighted by Gasteiger charge is 2.33. The van der Waals surface area contributed by atoms with Gasteiger partial charge in [-0.2, -0.15) is 0 Å². The summed E-state index contributed by atoms with van der Waals surface area (Å²) in [4.78, 5) is 27.6. The number of hydrogen-bond donors (Lipinski definition) is 1. The first-order valence-corrected chi connectivity index (χ1v) is 13.8. The molecule has 0 saturated carbocycles. The van der Waals surface area contributed by atoms with Crippen LogP contribution in [0.4, 0.5) is 5.69 Å². The third-order valence-corrected chi connectivity index (χ3v) is 8.56. The molecule has 2 amide bonds. The van der Waals surface area contributed by atoms with Crippen molar-refractivity contribution in [1.82, 2.24) is 10.2 Å². The lowest BCUT2D eigenvalue weighted by atomic mass is 10.1. The second-order valence-corrected chi connectivity index (χ2v) is 11.4. The number of nitrogens with one attached hydrogen (secondary N) is 1. The molecular formula is C26H26Cl3N3O4S. The first-order valence-electron chi connectivity index (χ1n) is 11.2. The van der Waals surface area contributed by atoms with Crippen LogP contribution in [0.5, 0.6) is 0 Å². The maximum atomic E-state index is 13.8. The zero-order valence-electron chi connectivity index (χ0n) is 20.4. The van der Waals surface area contributed by atoms with E-state index in [-0.39, 0.29) is 17.1 Å². The summed E-state index contributed by atoms with van der Waals surface area (Å²) in [7, 11) is -2.72. The van der Waals surface area contributed by atoms with E-state index >= 15 is 0 Å². The smallest absolute Gasteiger partial charge is 0.264 e. The molecule has 0 heterocycles. The quantitative estimate of drug-likeness (QED) is 0.370. The molecule has 196 valence electrons. The van der Waals surface area contributed by atoms with Crippen molar-refractivity contribution in [3.05, 3.63) is 92.9 Å². The van der Waals surface area contributed by atoms with Crippen molar-refractivity contribution in [3.8, 4) is 0 Å². The lowest BCUT2D eigenvalue weighted by Gasteiger charge is -2.32. The summed E-state index contributed by atoms with van der Waals surface area (Å²) in [5.74, 6) is -1.06. The van der Waals surface area contributed by atoms with E-state index in [2.05, 4.69) is 5.32 Å². The van der Waals surface area contributed by atoms with Crippen molar-refractivity contribution in [1.29, 1.82) is 0 Å². The van der Waals surface area contributed by atoms with Crippen LogP contribution in [-0.4, -0.2) is 44.8 Å². The van der Waals surface area contributed by atoms with Crippen LogP contribution in [0, 0.1) is 6.92 Å². The summed E-state index contributed by atoms with van der Waals surface area (Å²) in [6, 6.07) is 16.5. The monoisotopic (exact) mass is 581 g/mol. The van der Waals surface area contributed by atoms with Gasteiger partial charge in [-0.25, -0.2) is 8.42 Å². The molecule has 11 heteroatoms. The lowest BCUT2D eigenvalue weighted by Crippen LogP contribution is -2.50. The topological polar surface area (TPSA) is 86.8 Å². The fraction of sp³-hybridized carbons (Fsp3) is 0.231. The lowest BCUT2D eigenvalue weighted by molar-refractivity contribution is -0.139. The number of nitrogens with zero attached hydrogens (tertiary/aromatic N) is 2. The van der Waals surface area contributed by atoms with Gasteiger partial charge in [0.25, 0.3) is 10.0 Å². The molecule has 37 heavy (non-hydrogen) atoms. The van der Waals surface area contributed by atoms with E-state index in [4.69, 9.17) is 34.8 Å². The molecular weight excluding hydrogens is 557 g/mol. The Bertz CT molecular complexity index is 1380. The molecule has 0 aliphatic carbocycles. The van der Waals surface area contributed by atoms with Crippen molar-refractivity contribution in [2.24, 2.45) is 0 Å². The van der Waals surface area contributed by atoms with Gasteiger partial charge in [0.15, 0.2) is 0 Å². The first-order chi connectivity index (χ1) is 17.5. The number of carbonyl (C=O) groups excluding carboxylic acids is 2. The number of carbonyl (C=O) groups is 2. The summed E-state index contributed by atoms with van der Waals surface area (Å²) in [5.41, 5.74) is 1.28. The number of likely N-dealkylation sites (N-methyl/N-ethyl adjacent to an activating group) is 1. The van der Waals surface area contributed by atoms with Gasteiger partial charge in [-0.3, -0.25) is 13.9 Å². The highest BCUT2D eigenvalue weighted by Crippen LogP contribution is 2.30. The molecule has 7 nitrogen and oxygen atoms in total. The van der Waals surface area contributed by atoms with Gasteiger partial charge in [0.2, 0.25) is 11.8 Å². The second kappa shape index (κ2) is 12.2. The third kappa shape index (κ3) is 6.57. The largest absolute Gasteiger partial charge is 0.357 e. The summed E-state index contributed by atoms with van der Waals surface area (Å²) >= 11 is 18.8. The van der Waals surface area contributed by atoms with E-state index in [1.54, 1.807) is 68.4 Å². The fourth-order valence-corrected chi connectivity index (χ4v) is 6.02. The predicted molar refractivity (Wildman–Crippen MR) is 148 cm³/mol. The standard InChI is InChI=1S/C26H26Cl3N3O4S/c1-17-14-19(27)12-13-24(17)32(37(35,36)20-8-5-4-6-9-20)16-25(33)31(18(2)26(34)30-3)15-21-22(28)10-7-11-23(21)29/h4-14,18H,15-16H2,1-3H3,(H,30,34)/t18-/m0/s1. The Balaban J connectivity index is 2.09. The molecule has 3 aromatic carbocycles. The van der Waals surface area contributed by atoms with Crippen LogP contribution in [0.15, 0.2) is 71.6 Å². The molecule has 1 atom stereocenters. The minimum absolute atomic E-state index is 0.0113. The van der Waals surface area contributed by atoms with E-state index in [0.29, 0.717) is 26.2 Å². The number of sulfonamides is 1. The minimum atomic E-state index is -4.17. The Morgan fingerprint density at radius 1 is 0.946 bits per heavy atom. The zero-order chi connectivity index (χ0) is 27.3. The Hall–Kier alpha value is -2.78. The molecule has 0 bridgehead atoms. The number of rotatable bonds is 9. The van der Waals surface area contributed by atoms with Gasteiger partial charge in [0.05, 0.1) is 10.6 Å². The van der Waals surface area contributed by atoms with E-state index in [1.807, 2.05) is 0 Å². The number of aryl methyl sites for hydroxylation is 1. The molecule has 1 N–H and O–H groups in total. The van der Waals surface area contributed by atoms with Crippen molar-refractivity contribution < 1.29 is 18.0 Å². The number of hydrogen-bond acceptors (Lipinski definition) is 4. The average molecular weight is 583 g/mol. The molecule has 0 saturated heterocycles. The van der Waals surface area contributed by atoms with E-state index in [0.717, 1.165) is 4.31 Å². The van der Waals surface area contributed by atoms with Crippen LogP contribution in [0.2, 0.25) is 15.1 Å². The van der Waals surface area contributed by atoms with Gasteiger partial charge in [-0.15, -0.1) is 0 Å². The molecule has 0 aliphatic rings. The normalized spacial score (nSPS) is 12.1. The Morgan fingerprint density at radius 2 is 1.57 bits per heavy atom. The van der Waals surface area contributed by atoms with Crippen LogP contribution in [0.3, 0.4) is 0 Å². The number of anilines is 1. The highest BCUT2D eigenvalue weighted by atomic mass is 35.5. The zero-order valence-corrected chi connectivity index (χ0v) is 23.5. The average Bonchev–Trinajstić information content (AvgIpc) is 2.87. The van der Waals surface area contributed by atoms with Crippen LogP contribution in [-0.2, 0) is 26.2 Å². The van der Waals surface area contributed by atoms with Crippen LogP contribution in [0.1, 0.15) is 18.1 Å². The van der Waals surface area contributed by atoms with Crippen molar-refractivity contribution in [3.63, 3.8) is 0 Å². The van der Waals surface area contributed by atoms with Crippen LogP contribution < -0.4 is 9.62 Å². The third-order valence-electron chi connectivity index (χ3n) is 5.84. The predicted octanol–water partition coefficient (Wildman–Crippen LogP) is 5.31. The van der Waals surface area contributed by atoms with E-state index in [1.165, 1.54) is 24.1 Å². The fourth-order valence-electron chi connectivity index (χ4n) is 3.78. The molecule has 3 aromatic rings. The number of amides is 2. The van der Waals surface area contributed by atoms with E-state index in [9.17, 15) is 18.0 Å². The van der Waals surface area contributed by atoms with E-state index < -0.39 is 34.4 Å². The van der Waals surface area contributed by atoms with Gasteiger partial charge in [0.1, 0.15) is 12.6 Å². The summed E-state index contributed by atoms with van der Waals surface area (Å²) in [6.45, 7) is 2.56. The molecule has 0 radical (unpaired) electrons. The Morgan fingerprint density at radius 3 is 2.14 bits per heavy atom.